The second-order valence-electron chi connectivity index (χ2n) is 25.0. The monoisotopic (exact) mass is 1860 g/mol. The Bertz CT molecular complexity index is 4790. The molecule has 4 aromatic heterocycles. The summed E-state index contributed by atoms with van der Waals surface area (Å²) in [5.74, 6) is 0.0356. The molecular weight excluding hydrogens is 1770 g/mol. The third-order valence-corrected chi connectivity index (χ3v) is 15.2. The number of ketones is 3. The van der Waals surface area contributed by atoms with Gasteiger partial charge >= 0.3 is 0 Å². The second-order valence-corrected chi connectivity index (χ2v) is 25.0. The molecule has 0 unspecified atom stereocenters. The minimum atomic E-state index is -0.125. The van der Waals surface area contributed by atoms with Gasteiger partial charge in [0.05, 0.1) is 39.4 Å². The Hall–Kier alpha value is -9.02. The van der Waals surface area contributed by atoms with Crippen molar-refractivity contribution in [3.63, 3.8) is 0 Å². The van der Waals surface area contributed by atoms with Crippen molar-refractivity contribution in [2.24, 2.45) is 11.8 Å². The Morgan fingerprint density at radius 2 is 0.880 bits per heavy atom. The summed E-state index contributed by atoms with van der Waals surface area (Å²) in [5, 5.41) is 30.8. The Kier molecular flexibility index (Phi) is 33.6. The number of rotatable bonds is 8. The van der Waals surface area contributed by atoms with Crippen LogP contribution in [0.3, 0.4) is 0 Å². The minimum absolute atomic E-state index is 0. The summed E-state index contributed by atoms with van der Waals surface area (Å²) in [7, 11) is 0. The molecule has 13 rings (SSSR count). The normalized spacial score (nSPS) is 11.1. The molecule has 0 fully saturated rings. The van der Waals surface area contributed by atoms with E-state index in [1.807, 2.05) is 76.2 Å². The van der Waals surface area contributed by atoms with Crippen LogP contribution < -0.4 is 4.57 Å². The maximum atomic E-state index is 11.0. The number of nitrogens with zero attached hydrogens (tertiary/aromatic N) is 4. The number of aliphatic hydroxyl groups excluding tert-OH is 3. The van der Waals surface area contributed by atoms with Crippen LogP contribution in [0.4, 0.5) is 0 Å². The summed E-state index contributed by atoms with van der Waals surface area (Å²) in [6.45, 7) is 28.7. The van der Waals surface area contributed by atoms with Crippen LogP contribution in [0.1, 0.15) is 99.9 Å². The third kappa shape index (κ3) is 25.3. The van der Waals surface area contributed by atoms with E-state index in [4.69, 9.17) is 20.2 Å². The molecule has 1 aliphatic rings. The van der Waals surface area contributed by atoms with Gasteiger partial charge in [0, 0.05) is 113 Å². The maximum absolute atomic E-state index is 11.0. The molecular formula is C87H88Ir3N4O6-2. The maximum Gasteiger partial charge on any atom is 0.216 e. The molecule has 100 heavy (non-hydrogen) atoms. The molecule has 1 aliphatic heterocycles. The first kappa shape index (κ1) is 83.4. The second kappa shape index (κ2) is 40.3. The van der Waals surface area contributed by atoms with Crippen molar-refractivity contribution in [2.75, 3.05) is 0 Å². The predicted octanol–water partition coefficient (Wildman–Crippen LogP) is 20.8. The van der Waals surface area contributed by atoms with Crippen molar-refractivity contribution < 1.29 is 94.6 Å². The van der Waals surface area contributed by atoms with E-state index in [1.165, 1.54) is 118 Å². The average molecular weight is 1860 g/mol. The zero-order chi connectivity index (χ0) is 70.5. The molecule has 3 N–H and O–H groups in total. The molecule has 521 valence electrons. The summed E-state index contributed by atoms with van der Waals surface area (Å²) in [6, 6.07) is 79.4. The fraction of sp³-hybridized carbons (Fsp3) is 0.207. The van der Waals surface area contributed by atoms with Gasteiger partial charge in [0.25, 0.3) is 0 Å². The Morgan fingerprint density at radius 1 is 0.440 bits per heavy atom. The van der Waals surface area contributed by atoms with Crippen LogP contribution in [0.2, 0.25) is 0 Å². The van der Waals surface area contributed by atoms with Gasteiger partial charge in [-0.05, 0) is 129 Å². The number of carbonyl (C=O) groups is 3. The van der Waals surface area contributed by atoms with Crippen molar-refractivity contribution in [1.29, 1.82) is 0 Å². The van der Waals surface area contributed by atoms with Gasteiger partial charge in [-0.15, -0.1) is 106 Å². The van der Waals surface area contributed by atoms with Gasteiger partial charge in [-0.3, -0.25) is 29.3 Å². The quantitative estimate of drug-likeness (QED) is 0.0584. The van der Waals surface area contributed by atoms with E-state index < -0.39 is 0 Å². The summed E-state index contributed by atoms with van der Waals surface area (Å²) in [5.41, 5.74) is 23.4. The number of fused-ring (bicyclic) bond motifs is 8. The predicted molar refractivity (Wildman–Crippen MR) is 399 cm³/mol. The number of hydrogen-bond acceptors (Lipinski definition) is 9. The van der Waals surface area contributed by atoms with Crippen molar-refractivity contribution in [3.8, 4) is 45.0 Å². The van der Waals surface area contributed by atoms with Crippen LogP contribution in [0.25, 0.3) is 88.6 Å². The fourth-order valence-corrected chi connectivity index (χ4v) is 10.7. The summed E-state index contributed by atoms with van der Waals surface area (Å²) in [6.07, 6.45) is 3.65. The van der Waals surface area contributed by atoms with E-state index in [0.717, 1.165) is 68.0 Å². The topological polar surface area (TPSA) is 154 Å². The zero-order valence-corrected chi connectivity index (χ0v) is 66.7. The van der Waals surface area contributed by atoms with Gasteiger partial charge in [0.2, 0.25) is 11.2 Å². The molecule has 0 saturated carbocycles. The van der Waals surface area contributed by atoms with Crippen LogP contribution in [0, 0.1) is 78.5 Å². The Balaban J connectivity index is 0.000000253. The molecule has 3 radical (unpaired) electrons. The largest absolute Gasteiger partial charge is 0.512 e. The van der Waals surface area contributed by atoms with Gasteiger partial charge in [-0.25, -0.2) is 0 Å². The van der Waals surface area contributed by atoms with E-state index in [2.05, 4.69) is 228 Å². The first-order valence-corrected chi connectivity index (χ1v) is 32.5. The molecule has 0 saturated heterocycles. The van der Waals surface area contributed by atoms with Crippen molar-refractivity contribution in [3.05, 3.63) is 298 Å². The molecule has 0 bridgehead atoms. The summed E-state index contributed by atoms with van der Waals surface area (Å²) >= 11 is 0. The van der Waals surface area contributed by atoms with E-state index in [9.17, 15) is 19.5 Å². The number of aliphatic hydroxyl groups is 3. The number of benzene rings is 8. The van der Waals surface area contributed by atoms with Crippen molar-refractivity contribution >= 4 is 61.0 Å². The number of hydrogen-bond donors (Lipinski definition) is 3. The molecule has 5 heterocycles. The number of carbonyl (C=O) groups excluding carboxylic acids is 3. The smallest absolute Gasteiger partial charge is 0.216 e. The number of allylic oxidation sites excluding steroid dienone is 6. The molecule has 13 heteroatoms. The molecule has 0 spiro atoms. The molecule has 0 amide bonds. The number of aryl methyl sites for hydroxylation is 7. The van der Waals surface area contributed by atoms with E-state index in [0.29, 0.717) is 0 Å². The number of pyridine rings is 4. The van der Waals surface area contributed by atoms with Gasteiger partial charge in [0.1, 0.15) is 0 Å². The molecule has 0 aliphatic carbocycles. The van der Waals surface area contributed by atoms with Crippen molar-refractivity contribution in [2.45, 2.75) is 110 Å². The third-order valence-electron chi connectivity index (χ3n) is 15.2. The van der Waals surface area contributed by atoms with E-state index >= 15 is 0 Å². The van der Waals surface area contributed by atoms with Gasteiger partial charge in [-0.1, -0.05) is 165 Å². The number of aromatic nitrogens is 4. The van der Waals surface area contributed by atoms with Crippen LogP contribution in [-0.2, 0) is 81.2 Å². The standard InChI is InChI=1S/C18H16N.2C17H14N.C16H12N.C9H16O2.2C5H8O2.3Ir/c1-12-4-5-15-6-7-17(19-18(15)11-12)16-9-13(2)8-14(3)10-16;1-12-10-13-6-3-5-9-16(13)18-11-14-7-2-4-8-15(14)17(12)18;1-12-9-13(2)11-15(10-12)17-8-7-14-5-3-4-6-16(14)18-17;1-12-7-8-14-9-10-15(17-16(14)11-12)13-5-3-2-4-6-13;1-6(2)8(10)5-9(11)7(3)4;2*1-4(6)3-5(2)7;;;/h4-9,11H,1-3H3;2-10H,11H2,1H3;3-10H,1-2H3;2-5,7-11H,1H3;5-7,10H,1-4H3;2*3,6H,1-2H3;;;/q-1;+1;2*-1;;;;;;. The first-order valence-electron chi connectivity index (χ1n) is 32.5. The van der Waals surface area contributed by atoms with Crippen LogP contribution in [0.15, 0.2) is 236 Å². The van der Waals surface area contributed by atoms with Crippen LogP contribution in [-0.4, -0.2) is 47.6 Å². The molecule has 8 aromatic carbocycles. The fourth-order valence-electron chi connectivity index (χ4n) is 10.7. The van der Waals surface area contributed by atoms with Crippen LogP contribution in [0.5, 0.6) is 0 Å². The average Bonchev–Trinajstić information content (AvgIpc) is 1.59. The van der Waals surface area contributed by atoms with E-state index in [1.54, 1.807) is 0 Å². The number of para-hydroxylation sites is 2. The Labute approximate surface area is 631 Å². The van der Waals surface area contributed by atoms with Gasteiger partial charge in [0.15, 0.2) is 23.9 Å². The minimum Gasteiger partial charge on any atom is -0.512 e. The zero-order valence-electron chi connectivity index (χ0n) is 59.5. The summed E-state index contributed by atoms with van der Waals surface area (Å²) < 4.78 is 2.44. The SMILES string of the molecule is CC(=O)C=C(C)O.CC(=O)C=C(C)O.CC(C)C(=O)C=C(O)C(C)C.Cc1[c-]c(-c2ccc3ccc(C)cc3n2)cc(C)c1.Cc1[c-]c(-c2ccc3ccccc3n2)cc(C)c1.Cc1cc2ccccc2[n+]2c1-c1ccccc1C2.Cc1ccc2ccc(-c3[c-]cccc3)nc2c1.[Ir].[Ir].[Ir]. The van der Waals surface area contributed by atoms with Crippen molar-refractivity contribution in [1.82, 2.24) is 15.0 Å². The molecule has 10 nitrogen and oxygen atoms in total. The molecule has 12 aromatic rings. The van der Waals surface area contributed by atoms with Gasteiger partial charge in [-0.2, -0.15) is 4.57 Å². The molecule has 0 atom stereocenters. The first-order chi connectivity index (χ1) is 46.2. The van der Waals surface area contributed by atoms with Gasteiger partial charge < -0.3 is 15.3 Å². The summed E-state index contributed by atoms with van der Waals surface area (Å²) in [4.78, 5) is 45.2. The van der Waals surface area contributed by atoms with Crippen LogP contribution >= 0.6 is 0 Å². The van der Waals surface area contributed by atoms with E-state index in [-0.39, 0.29) is 107 Å². The Morgan fingerprint density at radius 3 is 1.34 bits per heavy atom.